The van der Waals surface area contributed by atoms with Crippen LogP contribution >= 0.6 is 10.2 Å². The standard InChI is InChI=1S/C17H18F6N2O3S2/c1-11(13-5-8-16(15(18)9-13)25-29(2,27)28)17(26)24-10-12-3-6-14(7-4-12)30(19,20,21,22)23/h3-9,11,25H,10H2,1-2H3,(H,24,26)/t11-/m1/s1. The molecule has 0 saturated heterocycles. The maximum Gasteiger partial charge on any atom is 0.310 e. The average molecular weight is 476 g/mol. The van der Waals surface area contributed by atoms with Crippen LogP contribution in [0.4, 0.5) is 29.5 Å². The minimum Gasteiger partial charge on any atom is -0.352 e. The number of anilines is 1. The molecule has 0 saturated carbocycles. The van der Waals surface area contributed by atoms with Crippen LogP contribution in [0.3, 0.4) is 0 Å². The number of amides is 1. The van der Waals surface area contributed by atoms with E-state index in [4.69, 9.17) is 0 Å². The second-order valence-electron chi connectivity index (χ2n) is 6.67. The molecule has 0 spiro atoms. The third-order valence-electron chi connectivity index (χ3n) is 4.02. The summed E-state index contributed by atoms with van der Waals surface area (Å²) in [6.45, 7) is 1.20. The summed E-state index contributed by atoms with van der Waals surface area (Å²) in [7, 11) is -13.5. The Balaban J connectivity index is 2.06. The first-order valence-electron chi connectivity index (χ1n) is 8.24. The van der Waals surface area contributed by atoms with E-state index in [0.717, 1.165) is 30.5 Å². The van der Waals surface area contributed by atoms with E-state index in [-0.39, 0.29) is 35.5 Å². The summed E-state index contributed by atoms with van der Waals surface area (Å²) >= 11 is 0. The first kappa shape index (κ1) is 23.9. The zero-order valence-corrected chi connectivity index (χ0v) is 17.3. The summed E-state index contributed by atoms with van der Waals surface area (Å²) in [6.07, 6.45) is 0.848. The van der Waals surface area contributed by atoms with Crippen LogP contribution in [-0.4, -0.2) is 20.6 Å². The number of carbonyl (C=O) groups excluding carboxylic acids is 1. The van der Waals surface area contributed by atoms with Crippen molar-refractivity contribution in [3.8, 4) is 0 Å². The third kappa shape index (κ3) is 6.55. The molecular weight excluding hydrogens is 458 g/mol. The minimum absolute atomic E-state index is 0.153. The van der Waals surface area contributed by atoms with Gasteiger partial charge in [-0.2, -0.15) is 0 Å². The van der Waals surface area contributed by atoms with Gasteiger partial charge in [0.2, 0.25) is 15.9 Å². The van der Waals surface area contributed by atoms with Gasteiger partial charge in [0.25, 0.3) is 0 Å². The molecule has 13 heteroatoms. The lowest BCUT2D eigenvalue weighted by atomic mass is 9.99. The number of benzene rings is 2. The molecule has 0 bridgehead atoms. The van der Waals surface area contributed by atoms with E-state index in [9.17, 15) is 37.0 Å². The van der Waals surface area contributed by atoms with E-state index < -0.39 is 42.8 Å². The molecule has 168 valence electrons. The molecule has 0 aliphatic rings. The van der Waals surface area contributed by atoms with Crippen molar-refractivity contribution in [2.75, 3.05) is 11.0 Å². The molecule has 5 nitrogen and oxygen atoms in total. The maximum absolute atomic E-state index is 14.0. The first-order chi connectivity index (χ1) is 13.4. The fourth-order valence-corrected chi connectivity index (χ4v) is 3.66. The zero-order chi connectivity index (χ0) is 23.0. The minimum atomic E-state index is -9.76. The van der Waals surface area contributed by atoms with Gasteiger partial charge in [-0.25, -0.2) is 12.8 Å². The van der Waals surface area contributed by atoms with Gasteiger partial charge in [0, 0.05) is 6.54 Å². The normalized spacial score (nSPS) is 15.6. The number of sulfonamides is 1. The molecule has 2 rings (SSSR count). The Morgan fingerprint density at radius 3 is 2.07 bits per heavy atom. The number of nitrogens with one attached hydrogen (secondary N) is 2. The van der Waals surface area contributed by atoms with Crippen LogP contribution < -0.4 is 10.0 Å². The van der Waals surface area contributed by atoms with E-state index in [1.165, 1.54) is 13.0 Å². The molecule has 0 radical (unpaired) electrons. The molecule has 1 amide bonds. The Morgan fingerprint density at radius 1 is 1.03 bits per heavy atom. The fourth-order valence-electron chi connectivity index (χ4n) is 2.44. The van der Waals surface area contributed by atoms with Crippen LogP contribution in [0.25, 0.3) is 0 Å². The van der Waals surface area contributed by atoms with Crippen LogP contribution in [-0.2, 0) is 21.4 Å². The smallest absolute Gasteiger partial charge is 0.310 e. The number of rotatable bonds is 7. The van der Waals surface area contributed by atoms with Crippen LogP contribution in [0.2, 0.25) is 0 Å². The van der Waals surface area contributed by atoms with Gasteiger partial charge in [-0.15, -0.1) is 0 Å². The fraction of sp³-hybridized carbons (Fsp3) is 0.235. The quantitative estimate of drug-likeness (QED) is 0.535. The Kier molecular flexibility index (Phi) is 5.63. The zero-order valence-electron chi connectivity index (χ0n) is 15.6. The summed E-state index contributed by atoms with van der Waals surface area (Å²) in [5, 5.41) is 2.41. The number of carbonyl (C=O) groups is 1. The van der Waals surface area contributed by atoms with Gasteiger partial charge in [-0.1, -0.05) is 37.6 Å². The molecule has 0 aliphatic heterocycles. The SMILES string of the molecule is C[C@@H](C(=O)NCc1ccc(S(F)(F)(F)(F)F)cc1)c1ccc(NS(C)(=O)=O)c(F)c1. The van der Waals surface area contributed by atoms with Crippen molar-refractivity contribution in [3.63, 3.8) is 0 Å². The van der Waals surface area contributed by atoms with E-state index in [0.29, 0.717) is 0 Å². The third-order valence-corrected chi connectivity index (χ3v) is 5.77. The highest BCUT2D eigenvalue weighted by molar-refractivity contribution is 8.45. The number of hydrogen-bond donors (Lipinski definition) is 2. The maximum atomic E-state index is 14.0. The highest BCUT2D eigenvalue weighted by Crippen LogP contribution is 3.02. The van der Waals surface area contributed by atoms with Gasteiger partial charge < -0.3 is 5.32 Å². The molecule has 1 atom stereocenters. The number of hydrogen-bond acceptors (Lipinski definition) is 3. The van der Waals surface area contributed by atoms with Crippen LogP contribution in [0.5, 0.6) is 0 Å². The second kappa shape index (κ2) is 7.08. The van der Waals surface area contributed by atoms with Gasteiger partial charge >= 0.3 is 10.2 Å². The van der Waals surface area contributed by atoms with E-state index in [1.807, 2.05) is 4.72 Å². The molecular formula is C17H18F6N2O3S2. The molecule has 2 aromatic carbocycles. The lowest BCUT2D eigenvalue weighted by Gasteiger charge is -2.40. The molecule has 0 aromatic heterocycles. The van der Waals surface area contributed by atoms with E-state index in [2.05, 4.69) is 5.32 Å². The van der Waals surface area contributed by atoms with Crippen molar-refractivity contribution in [3.05, 3.63) is 59.4 Å². The topological polar surface area (TPSA) is 75.3 Å². The largest absolute Gasteiger partial charge is 0.352 e. The van der Waals surface area contributed by atoms with Gasteiger partial charge in [0.15, 0.2) is 0 Å². The van der Waals surface area contributed by atoms with Crippen molar-refractivity contribution >= 4 is 31.8 Å². The van der Waals surface area contributed by atoms with Gasteiger partial charge in [0.05, 0.1) is 17.9 Å². The van der Waals surface area contributed by atoms with Gasteiger partial charge in [-0.3, -0.25) is 9.52 Å². The molecule has 0 fully saturated rings. The summed E-state index contributed by atoms with van der Waals surface area (Å²) in [6, 6.07) is 5.59. The van der Waals surface area contributed by atoms with Gasteiger partial charge in [-0.05, 0) is 42.3 Å². The summed E-state index contributed by atoms with van der Waals surface area (Å²) in [5.41, 5.74) is 0.0817. The molecule has 30 heavy (non-hydrogen) atoms. The van der Waals surface area contributed by atoms with Gasteiger partial charge in [0.1, 0.15) is 10.7 Å². The second-order valence-corrected chi connectivity index (χ2v) is 10.8. The van der Waals surface area contributed by atoms with Crippen molar-refractivity contribution in [1.29, 1.82) is 0 Å². The Hall–Kier alpha value is -2.41. The van der Waals surface area contributed by atoms with Crippen LogP contribution in [0, 0.1) is 5.82 Å². The molecule has 0 aliphatic carbocycles. The highest BCUT2D eigenvalue weighted by Gasteiger charge is 2.65. The van der Waals surface area contributed by atoms with Crippen LogP contribution in [0.1, 0.15) is 24.0 Å². The van der Waals surface area contributed by atoms with E-state index >= 15 is 0 Å². The van der Waals surface area contributed by atoms with Crippen molar-refractivity contribution in [2.24, 2.45) is 0 Å². The first-order valence-corrected chi connectivity index (χ1v) is 12.1. The molecule has 2 aromatic rings. The summed E-state index contributed by atoms with van der Waals surface area (Å²) < 4.78 is 102. The van der Waals surface area contributed by atoms with Crippen molar-refractivity contribution in [2.45, 2.75) is 24.3 Å². The lowest BCUT2D eigenvalue weighted by molar-refractivity contribution is -0.122. The lowest BCUT2D eigenvalue weighted by Crippen LogP contribution is -2.27. The van der Waals surface area contributed by atoms with Crippen molar-refractivity contribution < 1.29 is 37.0 Å². The molecule has 0 unspecified atom stereocenters. The molecule has 2 N–H and O–H groups in total. The van der Waals surface area contributed by atoms with E-state index in [1.54, 1.807) is 0 Å². The average Bonchev–Trinajstić information content (AvgIpc) is 2.58. The number of halogens is 6. The van der Waals surface area contributed by atoms with Crippen molar-refractivity contribution in [1.82, 2.24) is 5.32 Å². The Labute approximate surface area is 169 Å². The summed E-state index contributed by atoms with van der Waals surface area (Å²) in [4.78, 5) is 10.2. The highest BCUT2D eigenvalue weighted by atomic mass is 32.5. The van der Waals surface area contributed by atoms with Crippen LogP contribution in [0.15, 0.2) is 47.4 Å². The Bertz CT molecular complexity index is 1070. The molecule has 0 heterocycles. The predicted octanol–water partition coefficient (Wildman–Crippen LogP) is 5.27. The predicted molar refractivity (Wildman–Crippen MR) is 103 cm³/mol. The Morgan fingerprint density at radius 2 is 1.60 bits per heavy atom. The summed E-state index contributed by atoms with van der Waals surface area (Å²) in [5.74, 6) is -2.38. The monoisotopic (exact) mass is 476 g/mol.